The molecule has 0 radical (unpaired) electrons. The van der Waals surface area contributed by atoms with E-state index in [0.29, 0.717) is 5.56 Å². The highest BCUT2D eigenvalue weighted by Crippen LogP contribution is 2.06. The predicted molar refractivity (Wildman–Crippen MR) is 86.1 cm³/mol. The van der Waals surface area contributed by atoms with Gasteiger partial charge in [-0.3, -0.25) is 0 Å². The van der Waals surface area contributed by atoms with Crippen LogP contribution in [0.25, 0.3) is 6.08 Å². The summed E-state index contributed by atoms with van der Waals surface area (Å²) in [7, 11) is 1.36. The minimum absolute atomic E-state index is 0.0470. The number of hydrogen-bond donors (Lipinski definition) is 1. The Morgan fingerprint density at radius 3 is 2.41 bits per heavy atom. The van der Waals surface area contributed by atoms with Gasteiger partial charge in [-0.25, -0.2) is 4.79 Å². The van der Waals surface area contributed by atoms with Crippen LogP contribution in [0.15, 0.2) is 54.6 Å². The van der Waals surface area contributed by atoms with Crippen molar-refractivity contribution in [3.8, 4) is 11.8 Å². The van der Waals surface area contributed by atoms with Gasteiger partial charge in [0, 0.05) is 5.56 Å². The van der Waals surface area contributed by atoms with Crippen LogP contribution in [0.5, 0.6) is 0 Å². The van der Waals surface area contributed by atoms with Gasteiger partial charge in [-0.2, -0.15) is 0 Å². The highest BCUT2D eigenvalue weighted by molar-refractivity contribution is 5.89. The lowest BCUT2D eigenvalue weighted by Crippen LogP contribution is -2.00. The van der Waals surface area contributed by atoms with Crippen LogP contribution >= 0.6 is 0 Å². The van der Waals surface area contributed by atoms with Gasteiger partial charge in [0.25, 0.3) is 0 Å². The molecule has 0 saturated heterocycles. The lowest BCUT2D eigenvalue weighted by molar-refractivity contribution is 0.0600. The molecule has 0 spiro atoms. The van der Waals surface area contributed by atoms with Crippen molar-refractivity contribution in [3.63, 3.8) is 0 Å². The van der Waals surface area contributed by atoms with E-state index in [9.17, 15) is 4.79 Å². The molecular formula is C19H16O3. The third-order valence-corrected chi connectivity index (χ3v) is 3.04. The molecule has 0 fully saturated rings. The number of allylic oxidation sites excluding steroid dienone is 1. The molecule has 0 aliphatic heterocycles. The topological polar surface area (TPSA) is 46.5 Å². The molecule has 2 aromatic rings. The molecule has 0 heterocycles. The maximum Gasteiger partial charge on any atom is 0.337 e. The average molecular weight is 292 g/mol. The summed E-state index contributed by atoms with van der Waals surface area (Å²) >= 11 is 0. The number of rotatable bonds is 3. The van der Waals surface area contributed by atoms with E-state index in [4.69, 9.17) is 5.11 Å². The fourth-order valence-electron chi connectivity index (χ4n) is 1.80. The maximum atomic E-state index is 11.3. The lowest BCUT2D eigenvalue weighted by atomic mass is 10.1. The van der Waals surface area contributed by atoms with E-state index in [-0.39, 0.29) is 12.6 Å². The van der Waals surface area contributed by atoms with Crippen LogP contribution in [0, 0.1) is 11.8 Å². The number of aliphatic hydroxyl groups is 1. The number of ether oxygens (including phenoxy) is 1. The minimum atomic E-state index is -0.356. The van der Waals surface area contributed by atoms with Gasteiger partial charge in [-0.1, -0.05) is 36.1 Å². The number of methoxy groups -OCH3 is 1. The summed E-state index contributed by atoms with van der Waals surface area (Å²) in [5.41, 5.74) is 3.24. The summed E-state index contributed by atoms with van der Waals surface area (Å²) in [5.74, 6) is 5.58. The molecular weight excluding hydrogens is 276 g/mol. The zero-order chi connectivity index (χ0) is 15.8. The second-order valence-electron chi connectivity index (χ2n) is 4.57. The number of aliphatic hydroxyl groups excluding tert-OH is 1. The zero-order valence-electron chi connectivity index (χ0n) is 12.2. The number of carbonyl (C=O) groups is 1. The molecule has 0 aliphatic rings. The first-order chi connectivity index (χ1) is 10.7. The monoisotopic (exact) mass is 292 g/mol. The van der Waals surface area contributed by atoms with E-state index < -0.39 is 0 Å². The number of hydrogen-bond acceptors (Lipinski definition) is 3. The summed E-state index contributed by atoms with van der Waals surface area (Å²) in [6, 6.07) is 14.5. The molecule has 0 atom stereocenters. The van der Waals surface area contributed by atoms with Crippen LogP contribution in [-0.4, -0.2) is 18.2 Å². The van der Waals surface area contributed by atoms with Crippen molar-refractivity contribution in [2.45, 2.75) is 6.61 Å². The average Bonchev–Trinajstić information content (AvgIpc) is 2.59. The number of benzene rings is 2. The van der Waals surface area contributed by atoms with Gasteiger partial charge in [-0.05, 0) is 47.5 Å². The summed E-state index contributed by atoms with van der Waals surface area (Å²) < 4.78 is 4.64. The first-order valence-corrected chi connectivity index (χ1v) is 6.79. The number of esters is 1. The molecule has 0 saturated carbocycles. The smallest absolute Gasteiger partial charge is 0.337 e. The van der Waals surface area contributed by atoms with Crippen molar-refractivity contribution in [2.75, 3.05) is 7.11 Å². The molecule has 0 aliphatic carbocycles. The Kier molecular flexibility index (Phi) is 5.53. The van der Waals surface area contributed by atoms with Gasteiger partial charge in [0.05, 0.1) is 19.3 Å². The van der Waals surface area contributed by atoms with Crippen LogP contribution in [-0.2, 0) is 11.3 Å². The Hall–Kier alpha value is -2.83. The fraction of sp³-hybridized carbons (Fsp3) is 0.105. The largest absolute Gasteiger partial charge is 0.465 e. The molecule has 0 unspecified atom stereocenters. The SMILES string of the molecule is COC(=O)c1ccc(C#C/C=C/c2ccc(CO)cc2)cc1. The minimum Gasteiger partial charge on any atom is -0.465 e. The summed E-state index contributed by atoms with van der Waals surface area (Å²) in [6.07, 6.45) is 3.67. The summed E-state index contributed by atoms with van der Waals surface area (Å²) in [5, 5.41) is 8.97. The first-order valence-electron chi connectivity index (χ1n) is 6.79. The van der Waals surface area contributed by atoms with E-state index in [0.717, 1.165) is 16.7 Å². The van der Waals surface area contributed by atoms with E-state index >= 15 is 0 Å². The van der Waals surface area contributed by atoms with Crippen molar-refractivity contribution in [1.82, 2.24) is 0 Å². The van der Waals surface area contributed by atoms with Gasteiger partial charge in [0.1, 0.15) is 0 Å². The third kappa shape index (κ3) is 4.34. The molecule has 2 rings (SSSR count). The third-order valence-electron chi connectivity index (χ3n) is 3.04. The first kappa shape index (κ1) is 15.6. The maximum absolute atomic E-state index is 11.3. The van der Waals surface area contributed by atoms with Crippen LogP contribution in [0.2, 0.25) is 0 Å². The Morgan fingerprint density at radius 2 is 1.82 bits per heavy atom. The Labute approximate surface area is 129 Å². The van der Waals surface area contributed by atoms with Crippen LogP contribution in [0.1, 0.15) is 27.0 Å². The van der Waals surface area contributed by atoms with Gasteiger partial charge < -0.3 is 9.84 Å². The van der Waals surface area contributed by atoms with Gasteiger partial charge in [0.15, 0.2) is 0 Å². The van der Waals surface area contributed by atoms with Crippen molar-refractivity contribution in [2.24, 2.45) is 0 Å². The molecule has 0 bridgehead atoms. The van der Waals surface area contributed by atoms with Crippen LogP contribution in [0.4, 0.5) is 0 Å². The standard InChI is InChI=1S/C19H16O3/c1-22-19(21)18-12-10-16(11-13-18)5-3-2-4-15-6-8-17(14-20)9-7-15/h2,4,6-13,20H,14H2,1H3/b4-2+. The highest BCUT2D eigenvalue weighted by Gasteiger charge is 2.02. The second kappa shape index (κ2) is 7.82. The molecule has 3 heteroatoms. The lowest BCUT2D eigenvalue weighted by Gasteiger charge is -1.97. The molecule has 0 aromatic heterocycles. The molecule has 2 aromatic carbocycles. The number of carbonyl (C=O) groups excluding carboxylic acids is 1. The predicted octanol–water partition coefficient (Wildman–Crippen LogP) is 3.03. The van der Waals surface area contributed by atoms with Crippen molar-refractivity contribution in [1.29, 1.82) is 0 Å². The fourth-order valence-corrected chi connectivity index (χ4v) is 1.80. The molecule has 0 amide bonds. The molecule has 22 heavy (non-hydrogen) atoms. The van der Waals surface area contributed by atoms with E-state index in [1.54, 1.807) is 30.3 Å². The molecule has 110 valence electrons. The zero-order valence-corrected chi connectivity index (χ0v) is 12.2. The van der Waals surface area contributed by atoms with Crippen LogP contribution < -0.4 is 0 Å². The van der Waals surface area contributed by atoms with Gasteiger partial charge >= 0.3 is 5.97 Å². The van der Waals surface area contributed by atoms with E-state index in [1.807, 2.05) is 30.3 Å². The van der Waals surface area contributed by atoms with Crippen molar-refractivity contribution >= 4 is 12.0 Å². The summed E-state index contributed by atoms with van der Waals surface area (Å²) in [6.45, 7) is 0.0470. The van der Waals surface area contributed by atoms with Crippen LogP contribution in [0.3, 0.4) is 0 Å². The van der Waals surface area contributed by atoms with E-state index in [1.165, 1.54) is 7.11 Å². The Balaban J connectivity index is 2.00. The highest BCUT2D eigenvalue weighted by atomic mass is 16.5. The van der Waals surface area contributed by atoms with Crippen molar-refractivity contribution < 1.29 is 14.6 Å². The summed E-state index contributed by atoms with van der Waals surface area (Å²) in [4.78, 5) is 11.3. The second-order valence-corrected chi connectivity index (χ2v) is 4.57. The van der Waals surface area contributed by atoms with Crippen molar-refractivity contribution in [3.05, 3.63) is 76.9 Å². The Morgan fingerprint density at radius 1 is 1.14 bits per heavy atom. The normalized spacial score (nSPS) is 10.1. The van der Waals surface area contributed by atoms with Gasteiger partial charge in [0.2, 0.25) is 0 Å². The van der Waals surface area contributed by atoms with E-state index in [2.05, 4.69) is 16.6 Å². The quantitative estimate of drug-likeness (QED) is 0.698. The van der Waals surface area contributed by atoms with Gasteiger partial charge in [-0.15, -0.1) is 0 Å². The Bertz CT molecular complexity index is 714. The molecule has 1 N–H and O–H groups in total. The molecule has 3 nitrogen and oxygen atoms in total.